The van der Waals surface area contributed by atoms with Crippen LogP contribution in [0.15, 0.2) is 36.4 Å². The topological polar surface area (TPSA) is 0 Å². The lowest BCUT2D eigenvalue weighted by atomic mass is 9.96. The highest BCUT2D eigenvalue weighted by atomic mass is 19.1. The summed E-state index contributed by atoms with van der Waals surface area (Å²) in [6, 6.07) is 11.8. The minimum absolute atomic E-state index is 0.117. The molecular formula is C16H17F. The Bertz CT molecular complexity index is 521. The minimum Gasteiger partial charge on any atom is -0.207 e. The molecule has 0 spiro atoms. The lowest BCUT2D eigenvalue weighted by Crippen LogP contribution is -1.96. The van der Waals surface area contributed by atoms with Crippen LogP contribution in [0.25, 0.3) is 0 Å². The maximum absolute atomic E-state index is 13.5. The van der Waals surface area contributed by atoms with Crippen molar-refractivity contribution in [3.63, 3.8) is 0 Å². The van der Waals surface area contributed by atoms with Gasteiger partial charge in [-0.15, -0.1) is 0 Å². The fraction of sp³-hybridized carbons (Fsp3) is 0.250. The Morgan fingerprint density at radius 2 is 1.53 bits per heavy atom. The summed E-state index contributed by atoms with van der Waals surface area (Å²) in [5.74, 6) is -0.117. The smallest absolute Gasteiger partial charge is 0.126 e. The molecule has 0 amide bonds. The average Bonchev–Trinajstić information content (AvgIpc) is 2.28. The molecule has 0 atom stereocenters. The molecule has 1 heteroatoms. The molecule has 0 fully saturated rings. The first-order chi connectivity index (χ1) is 8.08. The summed E-state index contributed by atoms with van der Waals surface area (Å²) in [4.78, 5) is 0. The molecule has 0 bridgehead atoms. The SMILES string of the molecule is Cc1ccc(Cc2c(C)cccc2C)cc1F. The predicted molar refractivity (Wildman–Crippen MR) is 69.9 cm³/mol. The van der Waals surface area contributed by atoms with E-state index in [9.17, 15) is 4.39 Å². The first-order valence-electron chi connectivity index (χ1n) is 5.88. The van der Waals surface area contributed by atoms with Crippen LogP contribution in [0.2, 0.25) is 0 Å². The molecule has 88 valence electrons. The quantitative estimate of drug-likeness (QED) is 0.717. The van der Waals surface area contributed by atoms with Gasteiger partial charge in [-0.2, -0.15) is 0 Å². The normalized spacial score (nSPS) is 10.6. The van der Waals surface area contributed by atoms with Crippen molar-refractivity contribution in [3.05, 3.63) is 70.0 Å². The third kappa shape index (κ3) is 2.55. The van der Waals surface area contributed by atoms with Gasteiger partial charge in [-0.05, 0) is 61.1 Å². The van der Waals surface area contributed by atoms with Gasteiger partial charge >= 0.3 is 0 Å². The third-order valence-corrected chi connectivity index (χ3v) is 3.26. The van der Waals surface area contributed by atoms with Gasteiger partial charge in [0.1, 0.15) is 5.82 Å². The second-order valence-electron chi connectivity index (χ2n) is 4.63. The molecule has 2 aromatic carbocycles. The van der Waals surface area contributed by atoms with Gasteiger partial charge in [0.05, 0.1) is 0 Å². The first-order valence-corrected chi connectivity index (χ1v) is 5.88. The van der Waals surface area contributed by atoms with Gasteiger partial charge in [-0.25, -0.2) is 4.39 Å². The van der Waals surface area contributed by atoms with Crippen LogP contribution >= 0.6 is 0 Å². The van der Waals surface area contributed by atoms with Crippen molar-refractivity contribution in [2.24, 2.45) is 0 Å². The number of halogens is 1. The number of rotatable bonds is 2. The second kappa shape index (κ2) is 4.70. The van der Waals surface area contributed by atoms with E-state index < -0.39 is 0 Å². The molecule has 0 heterocycles. The van der Waals surface area contributed by atoms with Crippen molar-refractivity contribution in [1.82, 2.24) is 0 Å². The van der Waals surface area contributed by atoms with E-state index in [-0.39, 0.29) is 5.82 Å². The zero-order valence-corrected chi connectivity index (χ0v) is 10.5. The fourth-order valence-electron chi connectivity index (χ4n) is 2.08. The average molecular weight is 228 g/mol. The Hall–Kier alpha value is -1.63. The zero-order chi connectivity index (χ0) is 12.4. The molecular weight excluding hydrogens is 211 g/mol. The minimum atomic E-state index is -0.117. The van der Waals surface area contributed by atoms with E-state index in [0.717, 1.165) is 12.0 Å². The van der Waals surface area contributed by atoms with Gasteiger partial charge < -0.3 is 0 Å². The van der Waals surface area contributed by atoms with Crippen LogP contribution in [0.4, 0.5) is 4.39 Å². The van der Waals surface area contributed by atoms with E-state index in [0.29, 0.717) is 5.56 Å². The van der Waals surface area contributed by atoms with Gasteiger partial charge in [-0.1, -0.05) is 30.3 Å². The lowest BCUT2D eigenvalue weighted by Gasteiger charge is -2.10. The molecule has 0 aromatic heterocycles. The van der Waals surface area contributed by atoms with Gasteiger partial charge in [-0.3, -0.25) is 0 Å². The van der Waals surface area contributed by atoms with E-state index in [1.807, 2.05) is 12.1 Å². The summed E-state index contributed by atoms with van der Waals surface area (Å²) < 4.78 is 13.5. The summed E-state index contributed by atoms with van der Waals surface area (Å²) in [6.45, 7) is 6.00. The summed E-state index contributed by atoms with van der Waals surface area (Å²) in [5, 5.41) is 0. The molecule has 2 aromatic rings. The summed E-state index contributed by atoms with van der Waals surface area (Å²) in [7, 11) is 0. The molecule has 0 nitrogen and oxygen atoms in total. The Kier molecular flexibility index (Phi) is 3.28. The zero-order valence-electron chi connectivity index (χ0n) is 10.5. The summed E-state index contributed by atoms with van der Waals surface area (Å²) in [6.07, 6.45) is 0.801. The van der Waals surface area contributed by atoms with E-state index in [1.54, 1.807) is 13.0 Å². The van der Waals surface area contributed by atoms with Gasteiger partial charge in [0, 0.05) is 0 Å². The highest BCUT2D eigenvalue weighted by molar-refractivity contribution is 5.38. The summed E-state index contributed by atoms with van der Waals surface area (Å²) in [5.41, 5.74) is 5.58. The third-order valence-electron chi connectivity index (χ3n) is 3.26. The summed E-state index contributed by atoms with van der Waals surface area (Å²) >= 11 is 0. The number of benzene rings is 2. The maximum atomic E-state index is 13.5. The van der Waals surface area contributed by atoms with E-state index in [2.05, 4.69) is 32.0 Å². The highest BCUT2D eigenvalue weighted by Crippen LogP contribution is 2.19. The first kappa shape index (κ1) is 11.8. The van der Waals surface area contributed by atoms with E-state index in [1.165, 1.54) is 16.7 Å². The molecule has 0 aliphatic rings. The standard InChI is InChI=1S/C16H17F/c1-11-5-4-6-12(2)15(11)9-14-8-7-13(3)16(17)10-14/h4-8,10H,9H2,1-3H3. The number of hydrogen-bond donors (Lipinski definition) is 0. The van der Waals surface area contributed by atoms with Crippen molar-refractivity contribution in [2.45, 2.75) is 27.2 Å². The largest absolute Gasteiger partial charge is 0.207 e. The molecule has 0 radical (unpaired) electrons. The van der Waals surface area contributed by atoms with E-state index >= 15 is 0 Å². The monoisotopic (exact) mass is 228 g/mol. The molecule has 2 rings (SSSR count). The second-order valence-corrected chi connectivity index (χ2v) is 4.63. The fourth-order valence-corrected chi connectivity index (χ4v) is 2.08. The molecule has 0 saturated heterocycles. The number of hydrogen-bond acceptors (Lipinski definition) is 0. The van der Waals surface area contributed by atoms with Crippen LogP contribution in [-0.4, -0.2) is 0 Å². The predicted octanol–water partition coefficient (Wildman–Crippen LogP) is 4.34. The Morgan fingerprint density at radius 1 is 0.882 bits per heavy atom. The molecule has 0 unspecified atom stereocenters. The van der Waals surface area contributed by atoms with Gasteiger partial charge in [0.25, 0.3) is 0 Å². The van der Waals surface area contributed by atoms with Crippen molar-refractivity contribution < 1.29 is 4.39 Å². The Labute approximate surface area is 102 Å². The van der Waals surface area contributed by atoms with Crippen molar-refractivity contribution in [1.29, 1.82) is 0 Å². The van der Waals surface area contributed by atoms with Crippen LogP contribution in [0.3, 0.4) is 0 Å². The molecule has 17 heavy (non-hydrogen) atoms. The van der Waals surface area contributed by atoms with Gasteiger partial charge in [0.2, 0.25) is 0 Å². The molecule has 0 saturated carbocycles. The van der Waals surface area contributed by atoms with Crippen LogP contribution in [0, 0.1) is 26.6 Å². The highest BCUT2D eigenvalue weighted by Gasteiger charge is 2.05. The van der Waals surface area contributed by atoms with Crippen molar-refractivity contribution in [3.8, 4) is 0 Å². The van der Waals surface area contributed by atoms with Crippen molar-refractivity contribution in [2.75, 3.05) is 0 Å². The van der Waals surface area contributed by atoms with Gasteiger partial charge in [0.15, 0.2) is 0 Å². The molecule has 0 aliphatic heterocycles. The van der Waals surface area contributed by atoms with Crippen LogP contribution in [-0.2, 0) is 6.42 Å². The number of aryl methyl sites for hydroxylation is 3. The van der Waals surface area contributed by atoms with E-state index in [4.69, 9.17) is 0 Å². The molecule has 0 aliphatic carbocycles. The van der Waals surface area contributed by atoms with Crippen LogP contribution < -0.4 is 0 Å². The van der Waals surface area contributed by atoms with Crippen molar-refractivity contribution >= 4 is 0 Å². The maximum Gasteiger partial charge on any atom is 0.126 e. The Balaban J connectivity index is 2.35. The van der Waals surface area contributed by atoms with Crippen LogP contribution in [0.5, 0.6) is 0 Å². The Morgan fingerprint density at radius 3 is 2.12 bits per heavy atom. The van der Waals surface area contributed by atoms with Crippen LogP contribution in [0.1, 0.15) is 27.8 Å². The lowest BCUT2D eigenvalue weighted by molar-refractivity contribution is 0.616. The molecule has 0 N–H and O–H groups in total.